The third kappa shape index (κ3) is 6.58. The maximum atomic E-state index is 12.7. The van der Waals surface area contributed by atoms with E-state index in [1.54, 1.807) is 0 Å². The van der Waals surface area contributed by atoms with Gasteiger partial charge in [0, 0.05) is 39.0 Å². The van der Waals surface area contributed by atoms with E-state index in [-0.39, 0.29) is 24.3 Å². The Morgan fingerprint density at radius 3 is 2.42 bits per heavy atom. The average Bonchev–Trinajstić information content (AvgIpc) is 2.82. The fraction of sp³-hybridized carbons (Fsp3) is 0.462. The van der Waals surface area contributed by atoms with E-state index in [2.05, 4.69) is 19.1 Å². The molecule has 1 saturated heterocycles. The summed E-state index contributed by atoms with van der Waals surface area (Å²) in [5.74, 6) is 0.979. The normalized spacial score (nSPS) is 14.3. The Bertz CT molecular complexity index is 845. The van der Waals surface area contributed by atoms with E-state index < -0.39 is 0 Å². The summed E-state index contributed by atoms with van der Waals surface area (Å²) in [4.78, 5) is 28.9. The number of carbonyl (C=O) groups is 2. The van der Waals surface area contributed by atoms with Crippen molar-refractivity contribution in [2.45, 2.75) is 39.0 Å². The van der Waals surface area contributed by atoms with Gasteiger partial charge in [0.1, 0.15) is 5.75 Å². The first-order valence-electron chi connectivity index (χ1n) is 11.4. The number of likely N-dealkylation sites (tertiary alicyclic amines) is 1. The number of hydrogen-bond acceptors (Lipinski definition) is 3. The van der Waals surface area contributed by atoms with Crippen LogP contribution in [0.15, 0.2) is 54.6 Å². The molecule has 0 radical (unpaired) electrons. The third-order valence-corrected chi connectivity index (χ3v) is 5.98. The molecule has 1 aliphatic heterocycles. The summed E-state index contributed by atoms with van der Waals surface area (Å²) in [5, 5.41) is 0. The lowest BCUT2D eigenvalue weighted by Crippen LogP contribution is -2.45. The first kappa shape index (κ1) is 22.9. The summed E-state index contributed by atoms with van der Waals surface area (Å²) in [6.07, 6.45) is 4.34. The first-order valence-corrected chi connectivity index (χ1v) is 11.4. The zero-order chi connectivity index (χ0) is 22.1. The zero-order valence-corrected chi connectivity index (χ0v) is 18.8. The molecule has 0 atom stereocenters. The second-order valence-corrected chi connectivity index (χ2v) is 8.33. The Kier molecular flexibility index (Phi) is 8.51. The van der Waals surface area contributed by atoms with Crippen LogP contribution in [-0.4, -0.2) is 54.9 Å². The van der Waals surface area contributed by atoms with Crippen LogP contribution in [0.25, 0.3) is 0 Å². The molecule has 0 saturated carbocycles. The predicted molar refractivity (Wildman–Crippen MR) is 123 cm³/mol. The van der Waals surface area contributed by atoms with Crippen LogP contribution in [0.2, 0.25) is 0 Å². The van der Waals surface area contributed by atoms with Crippen molar-refractivity contribution >= 4 is 11.8 Å². The lowest BCUT2D eigenvalue weighted by atomic mass is 9.95. The van der Waals surface area contributed by atoms with Crippen molar-refractivity contribution < 1.29 is 14.3 Å². The first-order chi connectivity index (χ1) is 15.1. The Balaban J connectivity index is 1.48. The highest BCUT2D eigenvalue weighted by Crippen LogP contribution is 2.23. The van der Waals surface area contributed by atoms with E-state index in [0.29, 0.717) is 13.1 Å². The van der Waals surface area contributed by atoms with Gasteiger partial charge < -0.3 is 14.5 Å². The molecule has 0 unspecified atom stereocenters. The summed E-state index contributed by atoms with van der Waals surface area (Å²) in [6, 6.07) is 18.1. The number of ether oxygens (including phenoxy) is 1. The minimum atomic E-state index is -0.0141. The second kappa shape index (κ2) is 11.5. The van der Waals surface area contributed by atoms with Crippen LogP contribution < -0.4 is 4.74 Å². The molecule has 0 aromatic heterocycles. The van der Waals surface area contributed by atoms with Gasteiger partial charge in [-0.15, -0.1) is 0 Å². The number of hydrogen-bond donors (Lipinski definition) is 0. The summed E-state index contributed by atoms with van der Waals surface area (Å²) in [5.41, 5.74) is 2.28. The van der Waals surface area contributed by atoms with Gasteiger partial charge in [0.25, 0.3) is 5.91 Å². The second-order valence-electron chi connectivity index (χ2n) is 8.33. The molecule has 5 heteroatoms. The molecule has 2 aromatic rings. The molecule has 2 amide bonds. The Labute approximate surface area is 186 Å². The number of benzene rings is 2. The molecule has 5 nitrogen and oxygen atoms in total. The molecule has 166 valence electrons. The number of para-hydroxylation sites is 1. The molecular formula is C26H34N2O3. The molecule has 1 fully saturated rings. The molecule has 0 spiro atoms. The van der Waals surface area contributed by atoms with Crippen LogP contribution in [0, 0.1) is 5.92 Å². The average molecular weight is 423 g/mol. The number of unbranched alkanes of at least 4 members (excludes halogenated alkanes) is 1. The van der Waals surface area contributed by atoms with Gasteiger partial charge in [0.05, 0.1) is 0 Å². The standard InChI is InChI=1S/C26H34N2O3/c1-3-4-16-27(2)26(30)22-14-17-28(18-15-22)25(29)20-31-24-13-9-8-12-23(24)19-21-10-6-5-7-11-21/h5-13,22H,3-4,14-20H2,1-2H3. The molecule has 0 N–H and O–H groups in total. The van der Waals surface area contributed by atoms with Crippen molar-refractivity contribution in [2.24, 2.45) is 5.92 Å². The molecule has 0 bridgehead atoms. The van der Waals surface area contributed by atoms with E-state index in [4.69, 9.17) is 4.74 Å². The minimum Gasteiger partial charge on any atom is -0.483 e. The van der Waals surface area contributed by atoms with Crippen molar-refractivity contribution in [3.63, 3.8) is 0 Å². The Morgan fingerprint density at radius 1 is 1.03 bits per heavy atom. The fourth-order valence-corrected chi connectivity index (χ4v) is 4.03. The quantitative estimate of drug-likeness (QED) is 0.610. The monoisotopic (exact) mass is 422 g/mol. The van der Waals surface area contributed by atoms with Crippen molar-refractivity contribution in [2.75, 3.05) is 33.3 Å². The lowest BCUT2D eigenvalue weighted by molar-refractivity contribution is -0.140. The zero-order valence-electron chi connectivity index (χ0n) is 18.8. The predicted octanol–water partition coefficient (Wildman–Crippen LogP) is 4.15. The molecule has 1 heterocycles. The largest absolute Gasteiger partial charge is 0.483 e. The number of piperidine rings is 1. The highest BCUT2D eigenvalue weighted by Gasteiger charge is 2.29. The van der Waals surface area contributed by atoms with Crippen molar-refractivity contribution in [3.8, 4) is 5.75 Å². The highest BCUT2D eigenvalue weighted by atomic mass is 16.5. The fourth-order valence-electron chi connectivity index (χ4n) is 4.03. The van der Waals surface area contributed by atoms with Gasteiger partial charge >= 0.3 is 0 Å². The van der Waals surface area contributed by atoms with E-state index in [1.807, 2.05) is 59.3 Å². The molecular weight excluding hydrogens is 388 g/mol. The number of carbonyl (C=O) groups excluding carboxylic acids is 2. The molecule has 1 aliphatic rings. The number of nitrogens with zero attached hydrogens (tertiary/aromatic N) is 2. The maximum absolute atomic E-state index is 12.7. The van der Waals surface area contributed by atoms with Gasteiger partial charge in [-0.1, -0.05) is 61.9 Å². The maximum Gasteiger partial charge on any atom is 0.260 e. The minimum absolute atomic E-state index is 0.0141. The summed E-state index contributed by atoms with van der Waals surface area (Å²) in [7, 11) is 1.89. The van der Waals surface area contributed by atoms with Crippen LogP contribution in [0.1, 0.15) is 43.7 Å². The topological polar surface area (TPSA) is 49.9 Å². The van der Waals surface area contributed by atoms with Crippen LogP contribution in [0.3, 0.4) is 0 Å². The van der Waals surface area contributed by atoms with Crippen LogP contribution in [0.5, 0.6) is 5.75 Å². The molecule has 2 aromatic carbocycles. The van der Waals surface area contributed by atoms with Gasteiger partial charge in [-0.2, -0.15) is 0 Å². The third-order valence-electron chi connectivity index (χ3n) is 5.98. The van der Waals surface area contributed by atoms with Crippen molar-refractivity contribution in [1.29, 1.82) is 0 Å². The number of rotatable bonds is 9. The molecule has 0 aliphatic carbocycles. The van der Waals surface area contributed by atoms with E-state index in [0.717, 1.165) is 50.0 Å². The molecule has 3 rings (SSSR count). The van der Waals surface area contributed by atoms with Gasteiger partial charge in [-0.25, -0.2) is 0 Å². The van der Waals surface area contributed by atoms with Crippen molar-refractivity contribution in [1.82, 2.24) is 9.80 Å². The highest BCUT2D eigenvalue weighted by molar-refractivity contribution is 5.80. The smallest absolute Gasteiger partial charge is 0.260 e. The summed E-state index contributed by atoms with van der Waals surface area (Å²) in [6.45, 7) is 4.20. The summed E-state index contributed by atoms with van der Waals surface area (Å²) < 4.78 is 5.91. The van der Waals surface area contributed by atoms with Gasteiger partial charge in [-0.05, 0) is 36.5 Å². The SMILES string of the molecule is CCCCN(C)C(=O)C1CCN(C(=O)COc2ccccc2Cc2ccccc2)CC1. The van der Waals surface area contributed by atoms with Gasteiger partial charge in [0.15, 0.2) is 6.61 Å². The van der Waals surface area contributed by atoms with E-state index >= 15 is 0 Å². The Hall–Kier alpha value is -2.82. The number of amides is 2. The van der Waals surface area contributed by atoms with Crippen LogP contribution in [0.4, 0.5) is 0 Å². The van der Waals surface area contributed by atoms with Crippen LogP contribution in [-0.2, 0) is 16.0 Å². The lowest BCUT2D eigenvalue weighted by Gasteiger charge is -2.33. The van der Waals surface area contributed by atoms with Gasteiger partial charge in [-0.3, -0.25) is 9.59 Å². The van der Waals surface area contributed by atoms with E-state index in [1.165, 1.54) is 5.56 Å². The van der Waals surface area contributed by atoms with Crippen LogP contribution >= 0.6 is 0 Å². The molecule has 31 heavy (non-hydrogen) atoms. The van der Waals surface area contributed by atoms with Crippen molar-refractivity contribution in [3.05, 3.63) is 65.7 Å². The Morgan fingerprint density at radius 2 is 1.71 bits per heavy atom. The van der Waals surface area contributed by atoms with Gasteiger partial charge in [0.2, 0.25) is 5.91 Å². The summed E-state index contributed by atoms with van der Waals surface area (Å²) >= 11 is 0. The van der Waals surface area contributed by atoms with E-state index in [9.17, 15) is 9.59 Å².